The van der Waals surface area contributed by atoms with Crippen molar-refractivity contribution in [2.45, 2.75) is 19.3 Å². The highest BCUT2D eigenvalue weighted by Gasteiger charge is 2.34. The number of hydrogen-bond donors (Lipinski definition) is 0. The minimum Gasteiger partial charge on any atom is -0.467 e. The number of nitro groups is 1. The predicted octanol–water partition coefficient (Wildman–Crippen LogP) is 2.69. The Bertz CT molecular complexity index is 892. The summed E-state index contributed by atoms with van der Waals surface area (Å²) in [4.78, 5) is 22.5. The van der Waals surface area contributed by atoms with Crippen LogP contribution in [0.2, 0.25) is 0 Å². The molecule has 0 spiro atoms. The first-order valence-corrected chi connectivity index (χ1v) is 7.05. The lowest BCUT2D eigenvalue weighted by molar-refractivity contribution is -0.385. The van der Waals surface area contributed by atoms with E-state index >= 15 is 0 Å². The second kappa shape index (κ2) is 6.20. The van der Waals surface area contributed by atoms with Gasteiger partial charge < -0.3 is 14.0 Å². The van der Waals surface area contributed by atoms with Gasteiger partial charge in [0, 0.05) is 29.5 Å². The van der Waals surface area contributed by atoms with E-state index in [0.29, 0.717) is 11.6 Å². The summed E-state index contributed by atoms with van der Waals surface area (Å²) in [6.45, 7) is -0.316. The Labute approximate surface area is 138 Å². The molecule has 0 radical (unpaired) electrons. The molecule has 2 heterocycles. The number of rotatable bonds is 3. The minimum atomic E-state index is -4.79. The molecule has 7 nitrogen and oxygen atoms in total. The summed E-state index contributed by atoms with van der Waals surface area (Å²) in [5, 5.41) is 11.1. The molecule has 0 saturated heterocycles. The normalized spacial score (nSPS) is 13.9. The highest BCUT2D eigenvalue weighted by molar-refractivity contribution is 5.50. The lowest BCUT2D eigenvalue weighted by Crippen LogP contribution is -2.28. The second-order valence-corrected chi connectivity index (χ2v) is 5.31. The van der Waals surface area contributed by atoms with Gasteiger partial charge in [-0.25, -0.2) is 0 Å². The zero-order valence-electron chi connectivity index (χ0n) is 12.6. The van der Waals surface area contributed by atoms with E-state index in [1.165, 1.54) is 18.3 Å². The fraction of sp³-hybridized carbons (Fsp3) is 0.267. The number of ether oxygens (including phenoxy) is 2. The number of benzene rings is 1. The minimum absolute atomic E-state index is 0.0709. The van der Waals surface area contributed by atoms with Crippen LogP contribution in [0.1, 0.15) is 16.7 Å². The highest BCUT2D eigenvalue weighted by Crippen LogP contribution is 2.33. The summed E-state index contributed by atoms with van der Waals surface area (Å²) in [5.74, 6) is 0.279. The van der Waals surface area contributed by atoms with Gasteiger partial charge in [-0.15, -0.1) is 0 Å². The number of pyridine rings is 1. The molecule has 0 amide bonds. The average Bonchev–Trinajstić information content (AvgIpc) is 2.55. The van der Waals surface area contributed by atoms with Crippen molar-refractivity contribution < 1.29 is 27.6 Å². The zero-order chi connectivity index (χ0) is 18.2. The standard InChI is InChI=1S/C15H11F3N2O5/c16-15(17,18)12-2-1-3-19(14(12)21)6-9-4-11(20(22)23)5-10-7-24-8-25-13(9)10/h1-5H,6-8H2. The van der Waals surface area contributed by atoms with Gasteiger partial charge in [0.25, 0.3) is 11.2 Å². The highest BCUT2D eigenvalue weighted by atomic mass is 19.4. The smallest absolute Gasteiger partial charge is 0.421 e. The first-order valence-electron chi connectivity index (χ1n) is 7.05. The molecule has 1 aromatic carbocycles. The van der Waals surface area contributed by atoms with Crippen molar-refractivity contribution >= 4 is 5.69 Å². The molecule has 0 N–H and O–H groups in total. The molecule has 1 aromatic heterocycles. The SMILES string of the molecule is O=c1c(C(F)(F)F)cccn1Cc1cc([N+](=O)[O-])cc2c1OCOC2. The molecule has 25 heavy (non-hydrogen) atoms. The van der Waals surface area contributed by atoms with Gasteiger partial charge in [-0.2, -0.15) is 13.2 Å². The van der Waals surface area contributed by atoms with Crippen LogP contribution in [0.4, 0.5) is 18.9 Å². The molecule has 0 aliphatic carbocycles. The van der Waals surface area contributed by atoms with Crippen LogP contribution in [0.15, 0.2) is 35.3 Å². The van der Waals surface area contributed by atoms with Crippen molar-refractivity contribution in [1.29, 1.82) is 0 Å². The third-order valence-corrected chi connectivity index (χ3v) is 3.65. The molecular weight excluding hydrogens is 345 g/mol. The topological polar surface area (TPSA) is 83.6 Å². The lowest BCUT2D eigenvalue weighted by atomic mass is 10.1. The van der Waals surface area contributed by atoms with Crippen molar-refractivity contribution in [3.8, 4) is 5.75 Å². The Hall–Kier alpha value is -2.88. The molecule has 3 rings (SSSR count). The van der Waals surface area contributed by atoms with Crippen molar-refractivity contribution in [3.63, 3.8) is 0 Å². The van der Waals surface area contributed by atoms with Gasteiger partial charge in [-0.3, -0.25) is 14.9 Å². The van der Waals surface area contributed by atoms with Gasteiger partial charge in [-0.1, -0.05) is 0 Å². The Morgan fingerprint density at radius 3 is 2.76 bits per heavy atom. The van der Waals surface area contributed by atoms with Gasteiger partial charge in [-0.05, 0) is 12.1 Å². The van der Waals surface area contributed by atoms with E-state index in [1.807, 2.05) is 0 Å². The van der Waals surface area contributed by atoms with E-state index in [1.54, 1.807) is 0 Å². The maximum Gasteiger partial charge on any atom is 0.421 e. The Balaban J connectivity index is 2.08. The number of fused-ring (bicyclic) bond motifs is 1. The molecule has 10 heteroatoms. The van der Waals surface area contributed by atoms with E-state index in [4.69, 9.17) is 9.47 Å². The van der Waals surface area contributed by atoms with Gasteiger partial charge in [0.05, 0.1) is 18.1 Å². The van der Waals surface area contributed by atoms with Crippen LogP contribution in [-0.4, -0.2) is 16.3 Å². The zero-order valence-corrected chi connectivity index (χ0v) is 12.6. The van der Waals surface area contributed by atoms with Crippen molar-refractivity contribution in [3.05, 3.63) is 67.6 Å². The third-order valence-electron chi connectivity index (χ3n) is 3.65. The molecule has 0 atom stereocenters. The number of non-ortho nitro benzene ring substituents is 1. The van der Waals surface area contributed by atoms with E-state index < -0.39 is 22.2 Å². The average molecular weight is 356 g/mol. The molecule has 2 aromatic rings. The summed E-state index contributed by atoms with van der Waals surface area (Å²) in [6, 6.07) is 4.23. The fourth-order valence-corrected chi connectivity index (χ4v) is 2.56. The quantitative estimate of drug-likeness (QED) is 0.624. The van der Waals surface area contributed by atoms with Crippen LogP contribution in [0.5, 0.6) is 5.75 Å². The predicted molar refractivity (Wildman–Crippen MR) is 78.2 cm³/mol. The molecule has 0 bridgehead atoms. The van der Waals surface area contributed by atoms with Gasteiger partial charge in [0.1, 0.15) is 11.3 Å². The summed E-state index contributed by atoms with van der Waals surface area (Å²) < 4.78 is 49.8. The summed E-state index contributed by atoms with van der Waals surface area (Å²) in [5.41, 5.74) is -2.17. The molecular formula is C15H11F3N2O5. The number of nitrogens with zero attached hydrogens (tertiary/aromatic N) is 2. The molecule has 132 valence electrons. The molecule has 1 aliphatic rings. The fourth-order valence-electron chi connectivity index (χ4n) is 2.56. The van der Waals surface area contributed by atoms with Crippen molar-refractivity contribution in [1.82, 2.24) is 4.57 Å². The monoisotopic (exact) mass is 356 g/mol. The second-order valence-electron chi connectivity index (χ2n) is 5.31. The Kier molecular flexibility index (Phi) is 4.21. The van der Waals surface area contributed by atoms with Gasteiger partial charge in [0.2, 0.25) is 0 Å². The number of hydrogen-bond acceptors (Lipinski definition) is 5. The summed E-state index contributed by atoms with van der Waals surface area (Å²) >= 11 is 0. The largest absolute Gasteiger partial charge is 0.467 e. The first kappa shape index (κ1) is 17.0. The van der Waals surface area contributed by atoms with Crippen molar-refractivity contribution in [2.75, 3.05) is 6.79 Å². The summed E-state index contributed by atoms with van der Waals surface area (Å²) in [6.07, 6.45) is -3.60. The Morgan fingerprint density at radius 2 is 2.08 bits per heavy atom. The van der Waals surface area contributed by atoms with E-state index in [0.717, 1.165) is 10.6 Å². The van der Waals surface area contributed by atoms with Crippen LogP contribution in [0, 0.1) is 10.1 Å². The molecule has 1 aliphatic heterocycles. The molecule has 0 fully saturated rings. The van der Waals surface area contributed by atoms with Crippen LogP contribution in [0.3, 0.4) is 0 Å². The van der Waals surface area contributed by atoms with E-state index in [-0.39, 0.29) is 36.9 Å². The van der Waals surface area contributed by atoms with Crippen LogP contribution in [0.25, 0.3) is 0 Å². The number of aromatic nitrogens is 1. The van der Waals surface area contributed by atoms with Crippen LogP contribution in [-0.2, 0) is 24.1 Å². The third kappa shape index (κ3) is 3.33. The van der Waals surface area contributed by atoms with Crippen LogP contribution >= 0.6 is 0 Å². The Morgan fingerprint density at radius 1 is 1.32 bits per heavy atom. The number of nitro benzene ring substituents is 1. The van der Waals surface area contributed by atoms with E-state index in [2.05, 4.69) is 0 Å². The lowest BCUT2D eigenvalue weighted by Gasteiger charge is -2.21. The van der Waals surface area contributed by atoms with Gasteiger partial charge >= 0.3 is 6.18 Å². The molecule has 0 saturated carbocycles. The number of halogens is 3. The molecule has 0 unspecified atom stereocenters. The number of alkyl halides is 3. The van der Waals surface area contributed by atoms with Crippen molar-refractivity contribution in [2.24, 2.45) is 0 Å². The summed E-state index contributed by atoms with van der Waals surface area (Å²) in [7, 11) is 0. The first-order chi connectivity index (χ1) is 11.8. The van der Waals surface area contributed by atoms with Gasteiger partial charge in [0.15, 0.2) is 6.79 Å². The maximum absolute atomic E-state index is 12.9. The van der Waals surface area contributed by atoms with Crippen LogP contribution < -0.4 is 10.3 Å². The maximum atomic E-state index is 12.9. The van der Waals surface area contributed by atoms with E-state index in [9.17, 15) is 28.1 Å².